The van der Waals surface area contributed by atoms with Gasteiger partial charge in [0.1, 0.15) is 10.7 Å². The maximum absolute atomic E-state index is 12.3. The van der Waals surface area contributed by atoms with Crippen molar-refractivity contribution in [3.05, 3.63) is 75.8 Å². The molecule has 0 saturated carbocycles. The Hall–Kier alpha value is -2.71. The van der Waals surface area contributed by atoms with Crippen molar-refractivity contribution in [2.75, 3.05) is 10.6 Å². The van der Waals surface area contributed by atoms with Gasteiger partial charge in [0.25, 0.3) is 0 Å². The van der Waals surface area contributed by atoms with Crippen LogP contribution in [0.3, 0.4) is 0 Å². The number of benzene rings is 2. The number of halogens is 2. The van der Waals surface area contributed by atoms with Crippen molar-refractivity contribution in [3.63, 3.8) is 0 Å². The van der Waals surface area contributed by atoms with Crippen molar-refractivity contribution in [1.29, 1.82) is 0 Å². The number of rotatable bonds is 6. The zero-order valence-corrected chi connectivity index (χ0v) is 15.5. The average Bonchev–Trinajstić information content (AvgIpc) is 2.65. The molecular formula is C18H15Cl2N5O2. The summed E-state index contributed by atoms with van der Waals surface area (Å²) in [6, 6.07) is 14.0. The molecule has 0 aliphatic rings. The molecule has 0 bridgehead atoms. The summed E-state index contributed by atoms with van der Waals surface area (Å²) >= 11 is 11.8. The van der Waals surface area contributed by atoms with Crippen LogP contribution in [0.25, 0.3) is 0 Å². The number of quaternary nitrogens is 1. The zero-order valence-electron chi connectivity index (χ0n) is 13.9. The molecule has 0 radical (unpaired) electrons. The first kappa shape index (κ1) is 19.1. The fraction of sp³-hybridized carbons (Fsp3) is 0.0556. The number of nitrogens with two attached hydrogens (primary N) is 1. The second-order valence-electron chi connectivity index (χ2n) is 5.63. The van der Waals surface area contributed by atoms with Gasteiger partial charge in [0.15, 0.2) is 5.82 Å². The molecule has 0 saturated heterocycles. The Bertz CT molecular complexity index is 968. The van der Waals surface area contributed by atoms with E-state index in [1.807, 2.05) is 0 Å². The minimum Gasteiger partial charge on any atom is -0.630 e. The van der Waals surface area contributed by atoms with Gasteiger partial charge in [-0.3, -0.25) is 4.79 Å². The number of carbonyl (C=O) groups excluding carboxylic acids is 1. The Morgan fingerprint density at radius 3 is 2.70 bits per heavy atom. The number of nitrogens with zero attached hydrogens (tertiary/aromatic N) is 2. The molecule has 0 unspecified atom stereocenters. The minimum atomic E-state index is -0.196. The molecule has 0 spiro atoms. The smallest absolute Gasteiger partial charge is 0.228 e. The van der Waals surface area contributed by atoms with Crippen LogP contribution < -0.4 is 16.1 Å². The first-order chi connectivity index (χ1) is 13.0. The summed E-state index contributed by atoms with van der Waals surface area (Å²) in [6.07, 6.45) is 1.56. The van der Waals surface area contributed by atoms with Gasteiger partial charge in [0.05, 0.1) is 12.6 Å². The molecule has 4 N–H and O–H groups in total. The van der Waals surface area contributed by atoms with E-state index in [4.69, 9.17) is 23.2 Å². The van der Waals surface area contributed by atoms with Crippen LogP contribution in [-0.2, 0) is 11.2 Å². The predicted molar refractivity (Wildman–Crippen MR) is 106 cm³/mol. The lowest BCUT2D eigenvalue weighted by Gasteiger charge is -2.10. The van der Waals surface area contributed by atoms with E-state index in [2.05, 4.69) is 20.6 Å². The summed E-state index contributed by atoms with van der Waals surface area (Å²) in [5, 5.41) is 17.1. The van der Waals surface area contributed by atoms with E-state index in [9.17, 15) is 10.0 Å². The summed E-state index contributed by atoms with van der Waals surface area (Å²) < 4.78 is 0. The largest absolute Gasteiger partial charge is 0.630 e. The van der Waals surface area contributed by atoms with E-state index in [0.29, 0.717) is 27.9 Å². The van der Waals surface area contributed by atoms with Gasteiger partial charge in [-0.1, -0.05) is 29.8 Å². The highest BCUT2D eigenvalue weighted by molar-refractivity contribution is 6.33. The van der Waals surface area contributed by atoms with Gasteiger partial charge < -0.3 is 21.3 Å². The lowest BCUT2D eigenvalue weighted by atomic mass is 10.1. The molecule has 0 atom stereocenters. The van der Waals surface area contributed by atoms with Crippen molar-refractivity contribution in [1.82, 2.24) is 9.97 Å². The van der Waals surface area contributed by atoms with Crippen molar-refractivity contribution in [2.24, 2.45) is 0 Å². The third kappa shape index (κ3) is 5.38. The summed E-state index contributed by atoms with van der Waals surface area (Å²) in [7, 11) is 0. The molecule has 1 heterocycles. The highest BCUT2D eigenvalue weighted by Gasteiger charge is 2.08. The molecule has 0 aliphatic heterocycles. The number of aromatic nitrogens is 2. The molecule has 138 valence electrons. The number of hydrogen-bond acceptors (Lipinski definition) is 5. The van der Waals surface area contributed by atoms with Crippen LogP contribution in [0.15, 0.2) is 54.7 Å². The molecule has 7 nitrogen and oxygen atoms in total. The fourth-order valence-corrected chi connectivity index (χ4v) is 2.68. The lowest BCUT2D eigenvalue weighted by Crippen LogP contribution is -2.70. The van der Waals surface area contributed by atoms with Gasteiger partial charge in [-0.2, -0.15) is 4.98 Å². The van der Waals surface area contributed by atoms with Crippen LogP contribution >= 0.6 is 23.2 Å². The molecule has 0 aliphatic carbocycles. The molecule has 1 aromatic heterocycles. The van der Waals surface area contributed by atoms with E-state index in [0.717, 1.165) is 11.0 Å². The van der Waals surface area contributed by atoms with Gasteiger partial charge in [-0.15, -0.1) is 0 Å². The standard InChI is InChI=1S/C18H15Cl2N5O2/c19-15-10-21-18(20)24-17(15)23-13-5-2-4-12(9-13)22-16(26)8-11-3-1-6-14(7-11)25-27/h1-7,9-10H,8,25H2,(H,22,26)(H,21,23,24). The molecular weight excluding hydrogens is 389 g/mol. The summed E-state index contributed by atoms with van der Waals surface area (Å²) in [5.74, 6) is 0.170. The average molecular weight is 404 g/mol. The van der Waals surface area contributed by atoms with Crippen LogP contribution in [0.1, 0.15) is 5.56 Å². The van der Waals surface area contributed by atoms with E-state index >= 15 is 0 Å². The Labute approximate surface area is 165 Å². The second kappa shape index (κ2) is 8.79. The fourth-order valence-electron chi connectivity index (χ4n) is 2.41. The topological polar surface area (TPSA) is 107 Å². The Morgan fingerprint density at radius 1 is 1.11 bits per heavy atom. The van der Waals surface area contributed by atoms with E-state index in [1.54, 1.807) is 48.5 Å². The molecule has 0 fully saturated rings. The van der Waals surface area contributed by atoms with E-state index in [-0.39, 0.29) is 17.6 Å². The van der Waals surface area contributed by atoms with E-state index in [1.165, 1.54) is 6.20 Å². The summed E-state index contributed by atoms with van der Waals surface area (Å²) in [6.45, 7) is 0. The van der Waals surface area contributed by atoms with Crippen molar-refractivity contribution < 1.29 is 10.3 Å². The lowest BCUT2D eigenvalue weighted by molar-refractivity contribution is -0.497. The third-order valence-electron chi connectivity index (χ3n) is 3.58. The minimum absolute atomic E-state index is 0.0731. The summed E-state index contributed by atoms with van der Waals surface area (Å²) in [4.78, 5) is 20.1. The van der Waals surface area contributed by atoms with Crippen LogP contribution in [0.2, 0.25) is 10.3 Å². The molecule has 27 heavy (non-hydrogen) atoms. The van der Waals surface area contributed by atoms with Crippen LogP contribution in [-0.4, -0.2) is 15.9 Å². The van der Waals surface area contributed by atoms with Gasteiger partial charge in [-0.05, 0) is 41.4 Å². The van der Waals surface area contributed by atoms with Crippen LogP contribution in [0.4, 0.5) is 22.9 Å². The summed E-state index contributed by atoms with van der Waals surface area (Å²) in [5.41, 5.74) is 3.32. The SMILES string of the molecule is O=C(Cc1cccc([NH2+][O-])c1)Nc1cccc(Nc2nc(Cl)ncc2Cl)c1. The zero-order chi connectivity index (χ0) is 19.2. The molecule has 2 aromatic carbocycles. The number of anilines is 3. The number of nitrogens with one attached hydrogen (secondary N) is 2. The quantitative estimate of drug-likeness (QED) is 0.332. The van der Waals surface area contributed by atoms with Gasteiger partial charge >= 0.3 is 0 Å². The van der Waals surface area contributed by atoms with Crippen molar-refractivity contribution in [2.45, 2.75) is 6.42 Å². The highest BCUT2D eigenvalue weighted by Crippen LogP contribution is 2.25. The van der Waals surface area contributed by atoms with Crippen molar-refractivity contribution in [3.8, 4) is 0 Å². The molecule has 3 rings (SSSR count). The van der Waals surface area contributed by atoms with Gasteiger partial charge in [0.2, 0.25) is 11.2 Å². The third-order valence-corrected chi connectivity index (χ3v) is 4.03. The Balaban J connectivity index is 1.68. The normalized spacial score (nSPS) is 10.5. The first-order valence-corrected chi connectivity index (χ1v) is 8.68. The number of amides is 1. The van der Waals surface area contributed by atoms with Crippen LogP contribution in [0, 0.1) is 5.21 Å². The maximum atomic E-state index is 12.3. The molecule has 9 heteroatoms. The van der Waals surface area contributed by atoms with Gasteiger partial charge in [-0.25, -0.2) is 4.98 Å². The maximum Gasteiger partial charge on any atom is 0.228 e. The highest BCUT2D eigenvalue weighted by atomic mass is 35.5. The monoisotopic (exact) mass is 403 g/mol. The predicted octanol–water partition coefficient (Wildman–Crippen LogP) is 3.40. The number of hydrogen-bond donors (Lipinski definition) is 3. The number of carbonyl (C=O) groups is 1. The molecule has 1 amide bonds. The van der Waals surface area contributed by atoms with Crippen molar-refractivity contribution >= 4 is 52.0 Å². The van der Waals surface area contributed by atoms with E-state index < -0.39 is 0 Å². The van der Waals surface area contributed by atoms with Crippen LogP contribution in [0.5, 0.6) is 0 Å². The molecule has 3 aromatic rings. The first-order valence-electron chi connectivity index (χ1n) is 7.92. The van der Waals surface area contributed by atoms with Gasteiger partial charge in [0, 0.05) is 17.4 Å². The Kier molecular flexibility index (Phi) is 6.20. The second-order valence-corrected chi connectivity index (χ2v) is 6.37. The Morgan fingerprint density at radius 2 is 1.89 bits per heavy atom.